The van der Waals surface area contributed by atoms with Gasteiger partial charge in [0.25, 0.3) is 10.0 Å². The number of carbonyl (C=O) groups excluding carboxylic acids is 1. The number of thiazole rings is 1. The number of nitrogens with one attached hydrogen (secondary N) is 1. The lowest BCUT2D eigenvalue weighted by atomic mass is 10.1. The number of hydrogen-bond acceptors (Lipinski definition) is 7. The summed E-state index contributed by atoms with van der Waals surface area (Å²) in [7, 11) is -2.69. The van der Waals surface area contributed by atoms with E-state index in [4.69, 9.17) is 5.73 Å². The lowest BCUT2D eigenvalue weighted by molar-refractivity contribution is 0.0590. The molecule has 0 aliphatic carbocycles. The molecular weight excluding hydrogens is 278 g/mol. The molecule has 0 unspecified atom stereocenters. The molecule has 102 valence electrons. The van der Waals surface area contributed by atoms with Crippen LogP contribution in [0.2, 0.25) is 0 Å². The molecule has 0 amide bonds. The first-order valence-electron chi connectivity index (χ1n) is 4.99. The summed E-state index contributed by atoms with van der Waals surface area (Å²) in [5.74, 6) is -0.790. The van der Waals surface area contributed by atoms with Gasteiger partial charge < -0.3 is 10.5 Å². The van der Waals surface area contributed by atoms with Gasteiger partial charge in [-0.25, -0.2) is 22.9 Å². The van der Waals surface area contributed by atoms with Crippen LogP contribution >= 0.6 is 11.3 Å². The summed E-state index contributed by atoms with van der Waals surface area (Å²) in [6.45, 7) is 3.41. The Kier molecular flexibility index (Phi) is 4.43. The topological polar surface area (TPSA) is 111 Å². The number of methoxy groups -OCH3 is 1. The van der Waals surface area contributed by atoms with Crippen molar-refractivity contribution in [3.05, 3.63) is 11.2 Å². The van der Waals surface area contributed by atoms with Crippen LogP contribution in [0.25, 0.3) is 0 Å². The lowest BCUT2D eigenvalue weighted by Crippen LogP contribution is -2.48. The molecule has 0 fully saturated rings. The number of ether oxygens (including phenoxy) is 1. The Morgan fingerprint density at radius 2 is 2.22 bits per heavy atom. The van der Waals surface area contributed by atoms with Gasteiger partial charge in [0.05, 0.1) is 12.6 Å². The highest BCUT2D eigenvalue weighted by atomic mass is 32.2. The largest absolute Gasteiger partial charge is 0.464 e. The van der Waals surface area contributed by atoms with E-state index < -0.39 is 21.5 Å². The van der Waals surface area contributed by atoms with Gasteiger partial charge in [-0.1, -0.05) is 0 Å². The molecule has 0 bridgehead atoms. The highest BCUT2D eigenvalue weighted by Crippen LogP contribution is 2.22. The van der Waals surface area contributed by atoms with Crippen molar-refractivity contribution in [2.45, 2.75) is 23.6 Å². The Labute approximate surface area is 109 Å². The predicted octanol–water partition coefficient (Wildman–Crippen LogP) is -0.0547. The summed E-state index contributed by atoms with van der Waals surface area (Å²) in [5.41, 5.74) is 5.71. The Morgan fingerprint density at radius 3 is 2.72 bits per heavy atom. The molecule has 0 aliphatic heterocycles. The van der Waals surface area contributed by atoms with Crippen LogP contribution in [0.5, 0.6) is 0 Å². The van der Waals surface area contributed by atoms with Crippen molar-refractivity contribution in [2.75, 3.05) is 13.7 Å². The molecule has 1 heterocycles. The van der Waals surface area contributed by atoms with E-state index in [-0.39, 0.29) is 16.4 Å². The van der Waals surface area contributed by atoms with Gasteiger partial charge in [0, 0.05) is 12.1 Å². The van der Waals surface area contributed by atoms with Crippen molar-refractivity contribution >= 4 is 27.3 Å². The van der Waals surface area contributed by atoms with Gasteiger partial charge >= 0.3 is 5.97 Å². The number of aromatic nitrogens is 1. The van der Waals surface area contributed by atoms with Gasteiger partial charge in [0.2, 0.25) is 0 Å². The first-order valence-corrected chi connectivity index (χ1v) is 7.35. The molecule has 0 saturated heterocycles. The van der Waals surface area contributed by atoms with E-state index in [1.54, 1.807) is 13.8 Å². The summed E-state index contributed by atoms with van der Waals surface area (Å²) in [5, 5.41) is 0. The van der Waals surface area contributed by atoms with E-state index in [9.17, 15) is 13.2 Å². The molecule has 1 aromatic rings. The minimum absolute atomic E-state index is 0.124. The second-order valence-corrected chi connectivity index (χ2v) is 6.91. The van der Waals surface area contributed by atoms with Crippen LogP contribution in [0.3, 0.4) is 0 Å². The number of hydrogen-bond donors (Lipinski definition) is 2. The van der Waals surface area contributed by atoms with Crippen LogP contribution in [-0.2, 0) is 14.8 Å². The fourth-order valence-corrected chi connectivity index (χ4v) is 3.67. The second-order valence-electron chi connectivity index (χ2n) is 4.17. The lowest BCUT2D eigenvalue weighted by Gasteiger charge is -2.23. The van der Waals surface area contributed by atoms with E-state index in [0.717, 1.165) is 18.4 Å². The zero-order valence-electron chi connectivity index (χ0n) is 10.3. The molecular formula is C9H15N3O4S2. The van der Waals surface area contributed by atoms with Crippen LogP contribution in [-0.4, -0.2) is 38.6 Å². The summed E-state index contributed by atoms with van der Waals surface area (Å²) in [6.07, 6.45) is 0. The quantitative estimate of drug-likeness (QED) is 0.736. The molecule has 1 aromatic heterocycles. The Balaban J connectivity index is 3.14. The van der Waals surface area contributed by atoms with Crippen molar-refractivity contribution in [2.24, 2.45) is 5.73 Å². The molecule has 0 spiro atoms. The number of rotatable bonds is 5. The Bertz CT molecular complexity index is 536. The molecule has 1 rings (SSSR count). The minimum atomic E-state index is -3.85. The van der Waals surface area contributed by atoms with Crippen LogP contribution in [0.15, 0.2) is 9.72 Å². The van der Waals surface area contributed by atoms with Crippen LogP contribution < -0.4 is 10.5 Å². The standard InChI is InChI=1S/C9H15N3O4S2/c1-9(2,4-10)12-18(14,15)8-6(7(13)16-3)11-5-17-8/h5,12H,4,10H2,1-3H3. The molecule has 0 aromatic carbocycles. The number of carbonyl (C=O) groups is 1. The maximum atomic E-state index is 12.1. The smallest absolute Gasteiger partial charge is 0.358 e. The fourth-order valence-electron chi connectivity index (χ4n) is 1.11. The normalized spacial score (nSPS) is 12.4. The third-order valence-electron chi connectivity index (χ3n) is 2.08. The number of nitrogens with two attached hydrogens (primary N) is 1. The van der Waals surface area contributed by atoms with Gasteiger partial charge in [0.1, 0.15) is 0 Å². The van der Waals surface area contributed by atoms with Crippen molar-refractivity contribution in [1.82, 2.24) is 9.71 Å². The number of sulfonamides is 1. The van der Waals surface area contributed by atoms with Crippen molar-refractivity contribution in [3.8, 4) is 0 Å². The molecule has 7 nitrogen and oxygen atoms in total. The van der Waals surface area contributed by atoms with Crippen LogP contribution in [0.1, 0.15) is 24.3 Å². The average Bonchev–Trinajstić information content (AvgIpc) is 2.76. The highest BCUT2D eigenvalue weighted by Gasteiger charge is 2.31. The van der Waals surface area contributed by atoms with Crippen molar-refractivity contribution in [3.63, 3.8) is 0 Å². The zero-order valence-corrected chi connectivity index (χ0v) is 11.9. The molecule has 18 heavy (non-hydrogen) atoms. The maximum Gasteiger partial charge on any atom is 0.358 e. The molecule has 0 saturated carbocycles. The third kappa shape index (κ3) is 3.25. The second kappa shape index (κ2) is 5.31. The van der Waals surface area contributed by atoms with Gasteiger partial charge in [-0.15, -0.1) is 11.3 Å². The number of esters is 1. The molecule has 0 atom stereocenters. The first kappa shape index (κ1) is 15.0. The summed E-state index contributed by atoms with van der Waals surface area (Å²) >= 11 is 0.848. The van der Waals surface area contributed by atoms with E-state index in [2.05, 4.69) is 14.4 Å². The van der Waals surface area contributed by atoms with Gasteiger partial charge in [0.15, 0.2) is 9.90 Å². The van der Waals surface area contributed by atoms with Crippen LogP contribution in [0.4, 0.5) is 0 Å². The average molecular weight is 293 g/mol. The van der Waals surface area contributed by atoms with E-state index >= 15 is 0 Å². The molecule has 9 heteroatoms. The monoisotopic (exact) mass is 293 g/mol. The minimum Gasteiger partial charge on any atom is -0.464 e. The SMILES string of the molecule is COC(=O)c1ncsc1S(=O)(=O)NC(C)(C)CN. The number of nitrogens with zero attached hydrogens (tertiary/aromatic N) is 1. The Morgan fingerprint density at radius 1 is 1.61 bits per heavy atom. The maximum absolute atomic E-state index is 12.1. The van der Waals surface area contributed by atoms with Crippen molar-refractivity contribution in [1.29, 1.82) is 0 Å². The summed E-state index contributed by atoms with van der Waals surface area (Å²) in [6, 6.07) is 0. The molecule has 0 radical (unpaired) electrons. The summed E-state index contributed by atoms with van der Waals surface area (Å²) < 4.78 is 30.9. The van der Waals surface area contributed by atoms with E-state index in [1.807, 2.05) is 0 Å². The third-order valence-corrected chi connectivity index (χ3v) is 5.15. The molecule has 0 aliphatic rings. The first-order chi connectivity index (χ1) is 8.23. The van der Waals surface area contributed by atoms with E-state index in [0.29, 0.717) is 0 Å². The zero-order chi connectivity index (χ0) is 14.0. The van der Waals surface area contributed by atoms with Gasteiger partial charge in [-0.3, -0.25) is 0 Å². The fraction of sp³-hybridized carbons (Fsp3) is 0.556. The van der Waals surface area contributed by atoms with Crippen molar-refractivity contribution < 1.29 is 17.9 Å². The predicted molar refractivity (Wildman–Crippen MR) is 66.9 cm³/mol. The van der Waals surface area contributed by atoms with Crippen LogP contribution in [0, 0.1) is 0 Å². The Hall–Kier alpha value is -1.03. The molecule has 3 N–H and O–H groups in total. The highest BCUT2D eigenvalue weighted by molar-refractivity contribution is 7.91. The summed E-state index contributed by atoms with van der Waals surface area (Å²) in [4.78, 5) is 15.1. The van der Waals surface area contributed by atoms with Gasteiger partial charge in [-0.2, -0.15) is 0 Å². The van der Waals surface area contributed by atoms with Gasteiger partial charge in [-0.05, 0) is 13.8 Å². The van der Waals surface area contributed by atoms with E-state index in [1.165, 1.54) is 5.51 Å².